The Balaban J connectivity index is 1.69. The third-order valence-corrected chi connectivity index (χ3v) is 4.55. The molecule has 0 bridgehead atoms. The lowest BCUT2D eigenvalue weighted by Gasteiger charge is -2.33. The van der Waals surface area contributed by atoms with Crippen molar-refractivity contribution in [1.82, 2.24) is 4.90 Å². The van der Waals surface area contributed by atoms with Crippen molar-refractivity contribution in [1.29, 1.82) is 0 Å². The molecule has 3 unspecified atom stereocenters. The molecule has 1 fully saturated rings. The number of amides is 1. The van der Waals surface area contributed by atoms with Gasteiger partial charge in [-0.3, -0.25) is 4.79 Å². The van der Waals surface area contributed by atoms with E-state index in [2.05, 4.69) is 24.4 Å². The maximum Gasteiger partial charge on any atom is 0.227 e. The van der Waals surface area contributed by atoms with E-state index in [1.165, 1.54) is 5.56 Å². The first-order chi connectivity index (χ1) is 9.66. The molecule has 0 aromatic heterocycles. The van der Waals surface area contributed by atoms with E-state index >= 15 is 0 Å². The lowest BCUT2D eigenvalue weighted by atomic mass is 9.92. The highest BCUT2D eigenvalue weighted by Crippen LogP contribution is 2.27. The van der Waals surface area contributed by atoms with Gasteiger partial charge < -0.3 is 15.0 Å². The molecule has 1 amide bonds. The van der Waals surface area contributed by atoms with Gasteiger partial charge in [0.25, 0.3) is 0 Å². The third-order valence-electron chi connectivity index (χ3n) is 4.55. The SMILES string of the molecule is CC1OCCC1N(C)C(=O)C1CNc2ccccc2C1. The van der Waals surface area contributed by atoms with Crippen LogP contribution in [-0.2, 0) is 16.0 Å². The zero-order valence-corrected chi connectivity index (χ0v) is 12.1. The number of likely N-dealkylation sites (N-methyl/N-ethyl adjacent to an activating group) is 1. The van der Waals surface area contributed by atoms with Crippen LogP contribution in [0.3, 0.4) is 0 Å². The molecule has 3 atom stereocenters. The molecule has 1 aromatic rings. The van der Waals surface area contributed by atoms with Crippen molar-refractivity contribution in [3.8, 4) is 0 Å². The molecule has 3 rings (SSSR count). The van der Waals surface area contributed by atoms with Crippen molar-refractivity contribution in [2.75, 3.05) is 25.5 Å². The number of carbonyl (C=O) groups is 1. The molecular weight excluding hydrogens is 252 g/mol. The van der Waals surface area contributed by atoms with Crippen LogP contribution in [0.1, 0.15) is 18.9 Å². The highest BCUT2D eigenvalue weighted by atomic mass is 16.5. The molecular formula is C16H22N2O2. The van der Waals surface area contributed by atoms with Crippen LogP contribution >= 0.6 is 0 Å². The van der Waals surface area contributed by atoms with Gasteiger partial charge in [-0.1, -0.05) is 18.2 Å². The molecule has 20 heavy (non-hydrogen) atoms. The number of nitrogens with zero attached hydrogens (tertiary/aromatic N) is 1. The Morgan fingerprint density at radius 1 is 1.40 bits per heavy atom. The smallest absolute Gasteiger partial charge is 0.227 e. The lowest BCUT2D eigenvalue weighted by molar-refractivity contribution is -0.136. The first-order valence-corrected chi connectivity index (χ1v) is 7.37. The van der Waals surface area contributed by atoms with Gasteiger partial charge in [0, 0.05) is 25.9 Å². The molecule has 0 radical (unpaired) electrons. The third kappa shape index (κ3) is 2.40. The Morgan fingerprint density at radius 3 is 2.95 bits per heavy atom. The molecule has 1 N–H and O–H groups in total. The van der Waals surface area contributed by atoms with Crippen LogP contribution in [0.25, 0.3) is 0 Å². The first kappa shape index (κ1) is 13.4. The molecule has 2 aliphatic rings. The van der Waals surface area contributed by atoms with Crippen LogP contribution in [0, 0.1) is 5.92 Å². The van der Waals surface area contributed by atoms with Crippen molar-refractivity contribution < 1.29 is 9.53 Å². The van der Waals surface area contributed by atoms with Crippen molar-refractivity contribution in [2.45, 2.75) is 31.9 Å². The largest absolute Gasteiger partial charge is 0.384 e. The van der Waals surface area contributed by atoms with E-state index in [4.69, 9.17) is 4.74 Å². The molecule has 1 aromatic carbocycles. The topological polar surface area (TPSA) is 41.6 Å². The second kappa shape index (κ2) is 5.44. The van der Waals surface area contributed by atoms with E-state index in [0.29, 0.717) is 0 Å². The van der Waals surface area contributed by atoms with E-state index in [0.717, 1.165) is 31.7 Å². The number of nitrogens with one attached hydrogen (secondary N) is 1. The first-order valence-electron chi connectivity index (χ1n) is 7.37. The molecule has 0 spiro atoms. The standard InChI is InChI=1S/C16H22N2O2/c1-11-15(7-8-20-11)18(2)16(19)13-9-12-5-3-4-6-14(12)17-10-13/h3-6,11,13,15,17H,7-10H2,1-2H3. The van der Waals surface area contributed by atoms with Gasteiger partial charge in [-0.25, -0.2) is 0 Å². The second-order valence-corrected chi connectivity index (χ2v) is 5.82. The fraction of sp³-hybridized carbons (Fsp3) is 0.562. The fourth-order valence-corrected chi connectivity index (χ4v) is 3.30. The van der Waals surface area contributed by atoms with E-state index in [9.17, 15) is 4.79 Å². The van der Waals surface area contributed by atoms with Gasteiger partial charge in [-0.05, 0) is 31.4 Å². The van der Waals surface area contributed by atoms with Crippen LogP contribution in [0.15, 0.2) is 24.3 Å². The zero-order valence-electron chi connectivity index (χ0n) is 12.1. The van der Waals surface area contributed by atoms with Crippen LogP contribution < -0.4 is 5.32 Å². The summed E-state index contributed by atoms with van der Waals surface area (Å²) in [5, 5.41) is 3.37. The highest BCUT2D eigenvalue weighted by Gasteiger charge is 2.34. The van der Waals surface area contributed by atoms with E-state index in [-0.39, 0.29) is 24.0 Å². The summed E-state index contributed by atoms with van der Waals surface area (Å²) >= 11 is 0. The number of benzene rings is 1. The monoisotopic (exact) mass is 274 g/mol. The maximum absolute atomic E-state index is 12.7. The molecule has 0 aliphatic carbocycles. The molecule has 4 heteroatoms. The summed E-state index contributed by atoms with van der Waals surface area (Å²) in [6.45, 7) is 3.53. The summed E-state index contributed by atoms with van der Waals surface area (Å²) in [7, 11) is 1.92. The number of hydrogen-bond donors (Lipinski definition) is 1. The summed E-state index contributed by atoms with van der Waals surface area (Å²) in [5.74, 6) is 0.261. The number of rotatable bonds is 2. The number of hydrogen-bond acceptors (Lipinski definition) is 3. The molecule has 2 heterocycles. The Hall–Kier alpha value is -1.55. The fourth-order valence-electron chi connectivity index (χ4n) is 3.30. The van der Waals surface area contributed by atoms with Crippen molar-refractivity contribution >= 4 is 11.6 Å². The van der Waals surface area contributed by atoms with Gasteiger partial charge in [0.2, 0.25) is 5.91 Å². The Labute approximate surface area is 120 Å². The summed E-state index contributed by atoms with van der Waals surface area (Å²) in [6, 6.07) is 8.46. The summed E-state index contributed by atoms with van der Waals surface area (Å²) in [4.78, 5) is 14.6. The number of carbonyl (C=O) groups excluding carboxylic acids is 1. The van der Waals surface area contributed by atoms with Crippen LogP contribution in [-0.4, -0.2) is 43.2 Å². The summed E-state index contributed by atoms with van der Waals surface area (Å²) < 4.78 is 5.57. The number of anilines is 1. The number of para-hydroxylation sites is 1. The Bertz CT molecular complexity index is 503. The van der Waals surface area contributed by atoms with E-state index in [1.54, 1.807) is 0 Å². The van der Waals surface area contributed by atoms with Crippen LogP contribution in [0.4, 0.5) is 5.69 Å². The van der Waals surface area contributed by atoms with Gasteiger partial charge in [-0.2, -0.15) is 0 Å². The number of fused-ring (bicyclic) bond motifs is 1. The minimum atomic E-state index is 0.0303. The van der Waals surface area contributed by atoms with E-state index in [1.807, 2.05) is 24.1 Å². The lowest BCUT2D eigenvalue weighted by Crippen LogP contribution is -2.46. The van der Waals surface area contributed by atoms with Gasteiger partial charge in [0.05, 0.1) is 18.1 Å². The van der Waals surface area contributed by atoms with Crippen LogP contribution in [0.5, 0.6) is 0 Å². The van der Waals surface area contributed by atoms with Crippen molar-refractivity contribution in [2.24, 2.45) is 5.92 Å². The zero-order chi connectivity index (χ0) is 14.1. The maximum atomic E-state index is 12.7. The quantitative estimate of drug-likeness (QED) is 0.895. The predicted octanol–water partition coefficient (Wildman–Crippen LogP) is 1.91. The summed E-state index contributed by atoms with van der Waals surface area (Å²) in [5.41, 5.74) is 2.40. The summed E-state index contributed by atoms with van der Waals surface area (Å²) in [6.07, 6.45) is 1.92. The average molecular weight is 274 g/mol. The second-order valence-electron chi connectivity index (χ2n) is 5.82. The molecule has 4 nitrogen and oxygen atoms in total. The Morgan fingerprint density at radius 2 is 2.20 bits per heavy atom. The molecule has 0 saturated carbocycles. The minimum absolute atomic E-state index is 0.0303. The Kier molecular flexibility index (Phi) is 3.66. The highest BCUT2D eigenvalue weighted by molar-refractivity contribution is 5.81. The van der Waals surface area contributed by atoms with E-state index < -0.39 is 0 Å². The van der Waals surface area contributed by atoms with Gasteiger partial charge in [0.15, 0.2) is 0 Å². The van der Waals surface area contributed by atoms with Gasteiger partial charge in [0.1, 0.15) is 0 Å². The molecule has 108 valence electrons. The normalized spacial score (nSPS) is 28.6. The van der Waals surface area contributed by atoms with Gasteiger partial charge in [-0.15, -0.1) is 0 Å². The average Bonchev–Trinajstić information content (AvgIpc) is 2.91. The van der Waals surface area contributed by atoms with Crippen molar-refractivity contribution in [3.63, 3.8) is 0 Å². The predicted molar refractivity (Wildman–Crippen MR) is 78.7 cm³/mol. The van der Waals surface area contributed by atoms with Crippen molar-refractivity contribution in [3.05, 3.63) is 29.8 Å². The minimum Gasteiger partial charge on any atom is -0.384 e. The molecule has 1 saturated heterocycles. The van der Waals surface area contributed by atoms with Gasteiger partial charge >= 0.3 is 0 Å². The number of ether oxygens (including phenoxy) is 1. The van der Waals surface area contributed by atoms with Crippen LogP contribution in [0.2, 0.25) is 0 Å². The molecule has 2 aliphatic heterocycles.